The number of methoxy groups -OCH3 is 1. The lowest BCUT2D eigenvalue weighted by Gasteiger charge is -2.02. The average Bonchev–Trinajstić information content (AvgIpc) is 2.83. The maximum absolute atomic E-state index is 5.27. The van der Waals surface area contributed by atoms with Crippen LogP contribution in [0.25, 0.3) is 0 Å². The van der Waals surface area contributed by atoms with E-state index in [1.165, 1.54) is 0 Å². The van der Waals surface area contributed by atoms with Crippen LogP contribution in [0.5, 0.6) is 5.88 Å². The van der Waals surface area contributed by atoms with E-state index < -0.39 is 0 Å². The smallest absolute Gasteiger partial charge is 0.237 e. The SMILES string of the molecule is CCn1cc(Cn2nc(C)cc2I)c(OC)n1. The summed E-state index contributed by atoms with van der Waals surface area (Å²) >= 11 is 2.28. The molecule has 2 rings (SSSR count). The molecule has 0 N–H and O–H groups in total. The summed E-state index contributed by atoms with van der Waals surface area (Å²) in [7, 11) is 1.64. The molecule has 6 heteroatoms. The zero-order valence-corrected chi connectivity index (χ0v) is 12.3. The van der Waals surface area contributed by atoms with Crippen molar-refractivity contribution in [3.05, 3.63) is 27.2 Å². The van der Waals surface area contributed by atoms with Gasteiger partial charge in [-0.25, -0.2) is 0 Å². The van der Waals surface area contributed by atoms with E-state index in [1.807, 2.05) is 22.5 Å². The fraction of sp³-hybridized carbons (Fsp3) is 0.455. The normalized spacial score (nSPS) is 10.8. The van der Waals surface area contributed by atoms with Gasteiger partial charge in [-0.05, 0) is 42.5 Å². The molecule has 92 valence electrons. The van der Waals surface area contributed by atoms with Crippen LogP contribution < -0.4 is 4.74 Å². The van der Waals surface area contributed by atoms with Gasteiger partial charge in [-0.1, -0.05) is 0 Å². The molecule has 0 spiro atoms. The second-order valence-electron chi connectivity index (χ2n) is 3.79. The Morgan fingerprint density at radius 2 is 2.18 bits per heavy atom. The first kappa shape index (κ1) is 12.4. The number of ether oxygens (including phenoxy) is 1. The van der Waals surface area contributed by atoms with Gasteiger partial charge in [0.2, 0.25) is 5.88 Å². The maximum Gasteiger partial charge on any atom is 0.237 e. The van der Waals surface area contributed by atoms with E-state index in [0.717, 1.165) is 21.5 Å². The summed E-state index contributed by atoms with van der Waals surface area (Å²) in [6.07, 6.45) is 2.01. The molecule has 2 aromatic heterocycles. The number of hydrogen-bond donors (Lipinski definition) is 0. The van der Waals surface area contributed by atoms with Gasteiger partial charge in [0.15, 0.2) is 0 Å². The molecule has 0 aliphatic carbocycles. The third kappa shape index (κ3) is 2.62. The maximum atomic E-state index is 5.27. The molecule has 5 nitrogen and oxygen atoms in total. The third-order valence-electron chi connectivity index (χ3n) is 2.49. The number of halogens is 1. The summed E-state index contributed by atoms with van der Waals surface area (Å²) in [6.45, 7) is 5.57. The van der Waals surface area contributed by atoms with Crippen LogP contribution in [0.2, 0.25) is 0 Å². The van der Waals surface area contributed by atoms with Crippen LogP contribution in [-0.2, 0) is 13.1 Å². The molecule has 0 aliphatic heterocycles. The van der Waals surface area contributed by atoms with Gasteiger partial charge in [0, 0.05) is 12.7 Å². The minimum atomic E-state index is 0.677. The molecular formula is C11H15IN4O. The molecular weight excluding hydrogens is 331 g/mol. The first-order chi connectivity index (χ1) is 8.13. The van der Waals surface area contributed by atoms with Crippen LogP contribution in [-0.4, -0.2) is 26.7 Å². The number of rotatable bonds is 4. The van der Waals surface area contributed by atoms with Crippen molar-refractivity contribution in [2.45, 2.75) is 26.9 Å². The Morgan fingerprint density at radius 1 is 1.41 bits per heavy atom. The van der Waals surface area contributed by atoms with E-state index in [1.54, 1.807) is 7.11 Å². The molecule has 0 saturated carbocycles. The molecule has 0 bridgehead atoms. The standard InChI is InChI=1S/C11H15IN4O/c1-4-15-6-9(11(14-15)17-3)7-16-10(12)5-8(2)13-16/h5-6H,4,7H2,1-3H3. The third-order valence-corrected chi connectivity index (χ3v) is 3.36. The van der Waals surface area contributed by atoms with Gasteiger partial charge in [0.1, 0.15) is 0 Å². The van der Waals surface area contributed by atoms with Crippen molar-refractivity contribution in [3.63, 3.8) is 0 Å². The second-order valence-corrected chi connectivity index (χ2v) is 4.89. The van der Waals surface area contributed by atoms with Gasteiger partial charge in [-0.2, -0.15) is 5.10 Å². The molecule has 0 radical (unpaired) electrons. The summed E-state index contributed by atoms with van der Waals surface area (Å²) in [5, 5.41) is 8.76. The lowest BCUT2D eigenvalue weighted by atomic mass is 10.3. The molecule has 0 atom stereocenters. The molecule has 17 heavy (non-hydrogen) atoms. The fourth-order valence-corrected chi connectivity index (χ4v) is 2.40. The van der Waals surface area contributed by atoms with Crippen LogP contribution in [0.4, 0.5) is 0 Å². The van der Waals surface area contributed by atoms with Crippen molar-refractivity contribution in [1.82, 2.24) is 19.6 Å². The fourth-order valence-electron chi connectivity index (χ4n) is 1.67. The highest BCUT2D eigenvalue weighted by Crippen LogP contribution is 2.18. The van der Waals surface area contributed by atoms with E-state index in [2.05, 4.69) is 45.8 Å². The van der Waals surface area contributed by atoms with Crippen molar-refractivity contribution >= 4 is 22.6 Å². The first-order valence-electron chi connectivity index (χ1n) is 5.44. The molecule has 0 amide bonds. The monoisotopic (exact) mass is 346 g/mol. The van der Waals surface area contributed by atoms with Crippen LogP contribution in [0.1, 0.15) is 18.2 Å². The van der Waals surface area contributed by atoms with Crippen molar-refractivity contribution in [3.8, 4) is 5.88 Å². The van der Waals surface area contributed by atoms with Crippen molar-refractivity contribution in [2.24, 2.45) is 0 Å². The zero-order chi connectivity index (χ0) is 12.4. The Labute approximate surface area is 114 Å². The summed E-state index contributed by atoms with van der Waals surface area (Å²) in [5.41, 5.74) is 2.08. The van der Waals surface area contributed by atoms with E-state index in [9.17, 15) is 0 Å². The number of aromatic nitrogens is 4. The lowest BCUT2D eigenvalue weighted by molar-refractivity contribution is 0.384. The van der Waals surface area contributed by atoms with Crippen LogP contribution >= 0.6 is 22.6 Å². The largest absolute Gasteiger partial charge is 0.480 e. The molecule has 0 fully saturated rings. The quantitative estimate of drug-likeness (QED) is 0.797. The second kappa shape index (κ2) is 5.07. The minimum Gasteiger partial charge on any atom is -0.480 e. The molecule has 0 saturated heterocycles. The zero-order valence-electron chi connectivity index (χ0n) is 10.1. The van der Waals surface area contributed by atoms with Crippen molar-refractivity contribution in [2.75, 3.05) is 7.11 Å². The van der Waals surface area contributed by atoms with Gasteiger partial charge in [0.05, 0.1) is 28.6 Å². The lowest BCUT2D eigenvalue weighted by Crippen LogP contribution is -2.04. The Kier molecular flexibility index (Phi) is 3.70. The van der Waals surface area contributed by atoms with E-state index in [0.29, 0.717) is 12.4 Å². The molecule has 2 heterocycles. The molecule has 2 aromatic rings. The number of hydrogen-bond acceptors (Lipinski definition) is 3. The predicted octanol–water partition coefficient (Wildman–Crippen LogP) is 2.07. The Morgan fingerprint density at radius 3 is 2.71 bits per heavy atom. The highest BCUT2D eigenvalue weighted by molar-refractivity contribution is 14.1. The Balaban J connectivity index is 2.28. The number of nitrogens with zero attached hydrogens (tertiary/aromatic N) is 4. The predicted molar refractivity (Wildman–Crippen MR) is 73.2 cm³/mol. The summed E-state index contributed by atoms with van der Waals surface area (Å²) < 4.78 is 10.2. The van der Waals surface area contributed by atoms with Gasteiger partial charge < -0.3 is 4.74 Å². The van der Waals surface area contributed by atoms with E-state index >= 15 is 0 Å². The van der Waals surface area contributed by atoms with Crippen molar-refractivity contribution < 1.29 is 4.74 Å². The summed E-state index contributed by atoms with van der Waals surface area (Å²) in [5.74, 6) is 0.677. The van der Waals surface area contributed by atoms with Gasteiger partial charge in [-0.3, -0.25) is 9.36 Å². The molecule has 0 aliphatic rings. The molecule has 0 aromatic carbocycles. The van der Waals surface area contributed by atoms with Crippen LogP contribution in [0.3, 0.4) is 0 Å². The molecule has 0 unspecified atom stereocenters. The minimum absolute atomic E-state index is 0.677. The first-order valence-corrected chi connectivity index (χ1v) is 6.52. The topological polar surface area (TPSA) is 44.9 Å². The number of aryl methyl sites for hydroxylation is 2. The Bertz CT molecular complexity index is 518. The van der Waals surface area contributed by atoms with E-state index in [-0.39, 0.29) is 0 Å². The average molecular weight is 346 g/mol. The van der Waals surface area contributed by atoms with Crippen LogP contribution in [0, 0.1) is 10.6 Å². The van der Waals surface area contributed by atoms with Gasteiger partial charge in [-0.15, -0.1) is 5.10 Å². The Hall–Kier alpha value is -1.05. The van der Waals surface area contributed by atoms with Crippen LogP contribution in [0.15, 0.2) is 12.3 Å². The van der Waals surface area contributed by atoms with Gasteiger partial charge in [0.25, 0.3) is 0 Å². The highest BCUT2D eigenvalue weighted by Gasteiger charge is 2.11. The summed E-state index contributed by atoms with van der Waals surface area (Å²) in [4.78, 5) is 0. The summed E-state index contributed by atoms with van der Waals surface area (Å²) in [6, 6.07) is 2.05. The van der Waals surface area contributed by atoms with Gasteiger partial charge >= 0.3 is 0 Å². The van der Waals surface area contributed by atoms with E-state index in [4.69, 9.17) is 4.74 Å². The highest BCUT2D eigenvalue weighted by atomic mass is 127. The van der Waals surface area contributed by atoms with Crippen molar-refractivity contribution in [1.29, 1.82) is 0 Å².